The van der Waals surface area contributed by atoms with Crippen LogP contribution < -0.4 is 4.57 Å². The van der Waals surface area contributed by atoms with E-state index in [4.69, 9.17) is 0 Å². The Balaban J connectivity index is 0.000000213. The van der Waals surface area contributed by atoms with Crippen LogP contribution in [0.5, 0.6) is 0 Å². The van der Waals surface area contributed by atoms with Crippen molar-refractivity contribution in [3.63, 3.8) is 0 Å². The molecule has 8 rings (SSSR count). The Hall–Kier alpha value is -4.02. The van der Waals surface area contributed by atoms with E-state index in [9.17, 15) is 0 Å². The van der Waals surface area contributed by atoms with Crippen molar-refractivity contribution in [1.29, 1.82) is 0 Å². The molecule has 0 amide bonds. The van der Waals surface area contributed by atoms with Crippen LogP contribution >= 0.6 is 11.8 Å². The third-order valence-electron chi connectivity index (χ3n) is 7.46. The maximum atomic E-state index is 4.22. The van der Waals surface area contributed by atoms with Gasteiger partial charge in [0.1, 0.15) is 0 Å². The van der Waals surface area contributed by atoms with Crippen molar-refractivity contribution in [1.82, 2.24) is 9.55 Å². The summed E-state index contributed by atoms with van der Waals surface area (Å²) in [6.07, 6.45) is 5.40. The van der Waals surface area contributed by atoms with Gasteiger partial charge >= 0.3 is 20.1 Å². The predicted octanol–water partition coefficient (Wildman–Crippen LogP) is 8.97. The molecule has 0 spiro atoms. The topological polar surface area (TPSA) is 21.7 Å². The first-order valence-corrected chi connectivity index (χ1v) is 14.9. The maximum Gasteiger partial charge on any atom is 3.00 e. The van der Waals surface area contributed by atoms with E-state index in [2.05, 4.69) is 126 Å². The number of nitrogens with zero attached hydrogens (tertiary/aromatic N) is 3. The zero-order valence-corrected chi connectivity index (χ0v) is 27.3. The SMILES string of the molecule is CC(C)(C)c1ccc(-n2[c-][n+]3c4c(cccc42)Sc2cc4ccccc4[c-]c2-3)cc1.[Ir+3].[c-]1ccccc1-c1ccccn1. The van der Waals surface area contributed by atoms with Crippen LogP contribution in [0.1, 0.15) is 26.3 Å². The van der Waals surface area contributed by atoms with Crippen molar-refractivity contribution >= 4 is 33.6 Å². The Labute approximate surface area is 270 Å². The number of pyridine rings is 1. The third-order valence-corrected chi connectivity index (χ3v) is 8.54. The molecular formula is C38H29IrN3S+. The van der Waals surface area contributed by atoms with Crippen LogP contribution in [0.3, 0.4) is 0 Å². The number of rotatable bonds is 2. The number of imidazole rings is 1. The van der Waals surface area contributed by atoms with E-state index in [1.165, 1.54) is 26.3 Å². The molecule has 2 aromatic heterocycles. The van der Waals surface area contributed by atoms with Crippen molar-refractivity contribution < 1.29 is 24.7 Å². The summed E-state index contributed by atoms with van der Waals surface area (Å²) in [5.74, 6) is 0. The van der Waals surface area contributed by atoms with Crippen LogP contribution in [0, 0.1) is 18.5 Å². The van der Waals surface area contributed by atoms with E-state index >= 15 is 0 Å². The molecule has 43 heavy (non-hydrogen) atoms. The summed E-state index contributed by atoms with van der Waals surface area (Å²) in [6, 6.07) is 46.5. The minimum atomic E-state index is 0. The molecule has 5 heteroatoms. The maximum absolute atomic E-state index is 4.22. The van der Waals surface area contributed by atoms with Gasteiger partial charge in [0.15, 0.2) is 0 Å². The summed E-state index contributed by atoms with van der Waals surface area (Å²) < 4.78 is 4.35. The van der Waals surface area contributed by atoms with Gasteiger partial charge in [-0.2, -0.15) is 11.8 Å². The van der Waals surface area contributed by atoms with E-state index in [1.807, 2.05) is 54.2 Å². The monoisotopic (exact) mass is 752 g/mol. The zero-order chi connectivity index (χ0) is 28.7. The van der Waals surface area contributed by atoms with E-state index in [1.54, 1.807) is 6.20 Å². The molecule has 1 aliphatic rings. The Bertz CT molecular complexity index is 1990. The summed E-state index contributed by atoms with van der Waals surface area (Å²) in [4.78, 5) is 6.69. The van der Waals surface area contributed by atoms with Crippen molar-refractivity contribution in [2.75, 3.05) is 0 Å². The molecule has 0 N–H and O–H groups in total. The minimum Gasteiger partial charge on any atom is -0.307 e. The second-order valence-electron chi connectivity index (χ2n) is 11.4. The quantitative estimate of drug-likeness (QED) is 0.130. The van der Waals surface area contributed by atoms with E-state index in [0.717, 1.165) is 33.5 Å². The number of aromatic nitrogens is 3. The molecule has 0 saturated carbocycles. The second kappa shape index (κ2) is 11.9. The van der Waals surface area contributed by atoms with Crippen molar-refractivity contribution in [3.05, 3.63) is 145 Å². The Kier molecular flexibility index (Phi) is 8.07. The van der Waals surface area contributed by atoms with Crippen LogP contribution in [0.25, 0.3) is 44.4 Å². The first-order chi connectivity index (χ1) is 20.5. The average molecular weight is 752 g/mol. The van der Waals surface area contributed by atoms with Gasteiger partial charge < -0.3 is 9.55 Å². The second-order valence-corrected chi connectivity index (χ2v) is 12.4. The summed E-state index contributed by atoms with van der Waals surface area (Å²) in [5, 5.41) is 2.35. The molecule has 0 unspecified atom stereocenters. The number of hydrogen-bond acceptors (Lipinski definition) is 2. The zero-order valence-electron chi connectivity index (χ0n) is 24.1. The van der Waals surface area contributed by atoms with Crippen LogP contribution in [0.4, 0.5) is 0 Å². The summed E-state index contributed by atoms with van der Waals surface area (Å²) in [5.41, 5.74) is 8.04. The fourth-order valence-corrected chi connectivity index (χ4v) is 6.34. The van der Waals surface area contributed by atoms with Gasteiger partial charge in [0.05, 0.1) is 16.7 Å². The van der Waals surface area contributed by atoms with Gasteiger partial charge in [-0.05, 0) is 40.6 Å². The summed E-state index contributed by atoms with van der Waals surface area (Å²) >= 11 is 1.82. The molecule has 3 heterocycles. The molecule has 0 atom stereocenters. The van der Waals surface area contributed by atoms with Gasteiger partial charge in [-0.25, -0.2) is 0 Å². The molecule has 210 valence electrons. The molecule has 7 aromatic rings. The third kappa shape index (κ3) is 5.69. The molecule has 5 aromatic carbocycles. The van der Waals surface area contributed by atoms with Gasteiger partial charge in [0, 0.05) is 11.1 Å². The predicted molar refractivity (Wildman–Crippen MR) is 171 cm³/mol. The fraction of sp³-hybridized carbons (Fsp3) is 0.105. The van der Waals surface area contributed by atoms with Gasteiger partial charge in [-0.1, -0.05) is 80.3 Å². The van der Waals surface area contributed by atoms with Crippen molar-refractivity contribution in [2.45, 2.75) is 36.0 Å². The van der Waals surface area contributed by atoms with Crippen LogP contribution in [-0.2, 0) is 25.5 Å². The molecule has 3 nitrogen and oxygen atoms in total. The summed E-state index contributed by atoms with van der Waals surface area (Å²) in [6.45, 7) is 6.74. The number of benzene rings is 5. The molecular weight excluding hydrogens is 723 g/mol. The average Bonchev–Trinajstić information content (AvgIpc) is 3.42. The van der Waals surface area contributed by atoms with Crippen LogP contribution in [-0.4, -0.2) is 9.55 Å². The fourth-order valence-electron chi connectivity index (χ4n) is 5.24. The van der Waals surface area contributed by atoms with Gasteiger partial charge in [0.25, 0.3) is 6.33 Å². The van der Waals surface area contributed by atoms with Gasteiger partial charge in [0.2, 0.25) is 0 Å². The Morgan fingerprint density at radius 2 is 1.58 bits per heavy atom. The number of para-hydroxylation sites is 1. The Morgan fingerprint density at radius 1 is 0.791 bits per heavy atom. The van der Waals surface area contributed by atoms with Gasteiger partial charge in [-0.3, -0.25) is 4.57 Å². The molecule has 0 radical (unpaired) electrons. The first-order valence-electron chi connectivity index (χ1n) is 14.1. The first kappa shape index (κ1) is 29.1. The largest absolute Gasteiger partial charge is 3.00 e. The minimum absolute atomic E-state index is 0. The van der Waals surface area contributed by atoms with Crippen LogP contribution in [0.15, 0.2) is 131 Å². The number of fused-ring (bicyclic) bond motifs is 3. The van der Waals surface area contributed by atoms with E-state index in [0.29, 0.717) is 0 Å². The van der Waals surface area contributed by atoms with Gasteiger partial charge in [-0.15, -0.1) is 70.9 Å². The molecule has 0 aliphatic carbocycles. The molecule has 0 saturated heterocycles. The standard InChI is InChI=1S/C27H21N2S.C11H8N.Ir/c1-27(2,3)20-11-13-21(14-12-20)28-17-29-23-15-18-7-4-5-8-19(18)16-25(23)30-24-10-6-9-22(28)26(24)29;1-2-6-10(7-3-1)11-8-4-5-9-12-11;/h4-14,16H,1-3H3;1-6,8-9H;/q2*-1;+3. The number of hydrogen-bond donors (Lipinski definition) is 0. The van der Waals surface area contributed by atoms with Crippen molar-refractivity contribution in [3.8, 4) is 22.6 Å². The van der Waals surface area contributed by atoms with E-state index in [-0.39, 0.29) is 25.5 Å². The van der Waals surface area contributed by atoms with Crippen LogP contribution in [0.2, 0.25) is 0 Å². The Morgan fingerprint density at radius 3 is 2.33 bits per heavy atom. The molecule has 0 fully saturated rings. The van der Waals surface area contributed by atoms with Crippen molar-refractivity contribution in [2.24, 2.45) is 0 Å². The molecule has 1 aliphatic heterocycles. The summed E-state index contributed by atoms with van der Waals surface area (Å²) in [7, 11) is 0. The normalized spacial score (nSPS) is 11.8. The molecule has 0 bridgehead atoms. The smallest absolute Gasteiger partial charge is 0.307 e. The van der Waals surface area contributed by atoms with E-state index < -0.39 is 0 Å².